The van der Waals surface area contributed by atoms with Crippen molar-refractivity contribution < 1.29 is 5.11 Å². The largest absolute Gasteiger partial charge is 0.397 e. The average molecular weight is 222 g/mol. The average Bonchev–Trinajstić information content (AvgIpc) is 2.26. The highest BCUT2D eigenvalue weighted by atomic mass is 16.3. The van der Waals surface area contributed by atoms with E-state index >= 15 is 0 Å². The molecular formula is C13H22N2O. The van der Waals surface area contributed by atoms with Crippen LogP contribution in [0.1, 0.15) is 25.3 Å². The molecule has 1 rings (SSSR count). The van der Waals surface area contributed by atoms with Gasteiger partial charge in [-0.15, -0.1) is 0 Å². The summed E-state index contributed by atoms with van der Waals surface area (Å²) >= 11 is 0. The number of benzene rings is 1. The SMILES string of the molecule is CCC(CCO)CNc1ccc(C)cc1N. The van der Waals surface area contributed by atoms with Gasteiger partial charge in [0.05, 0.1) is 11.4 Å². The molecule has 0 saturated heterocycles. The van der Waals surface area contributed by atoms with Crippen molar-refractivity contribution in [3.8, 4) is 0 Å². The van der Waals surface area contributed by atoms with Gasteiger partial charge in [-0.2, -0.15) is 0 Å². The van der Waals surface area contributed by atoms with Gasteiger partial charge in [0.25, 0.3) is 0 Å². The molecule has 0 aliphatic carbocycles. The third-order valence-corrected chi connectivity index (χ3v) is 2.90. The molecule has 1 unspecified atom stereocenters. The van der Waals surface area contributed by atoms with Crippen molar-refractivity contribution in [2.24, 2.45) is 5.92 Å². The van der Waals surface area contributed by atoms with Crippen LogP contribution in [0.3, 0.4) is 0 Å². The molecule has 0 bridgehead atoms. The zero-order valence-electron chi connectivity index (χ0n) is 10.2. The molecule has 0 radical (unpaired) electrons. The Morgan fingerprint density at radius 1 is 1.44 bits per heavy atom. The van der Waals surface area contributed by atoms with E-state index in [2.05, 4.69) is 12.2 Å². The molecule has 3 heteroatoms. The number of nitrogens with two attached hydrogens (primary N) is 1. The van der Waals surface area contributed by atoms with Crippen LogP contribution in [0.15, 0.2) is 18.2 Å². The van der Waals surface area contributed by atoms with Crippen LogP contribution in [-0.4, -0.2) is 18.3 Å². The third kappa shape index (κ3) is 3.74. The molecule has 0 aliphatic heterocycles. The molecule has 0 heterocycles. The van der Waals surface area contributed by atoms with Crippen molar-refractivity contribution in [2.45, 2.75) is 26.7 Å². The fourth-order valence-electron chi connectivity index (χ4n) is 1.73. The summed E-state index contributed by atoms with van der Waals surface area (Å²) in [6.45, 7) is 5.29. The van der Waals surface area contributed by atoms with Crippen LogP contribution in [0.5, 0.6) is 0 Å². The molecule has 0 aliphatic rings. The maximum absolute atomic E-state index is 8.90. The molecule has 0 aromatic heterocycles. The van der Waals surface area contributed by atoms with E-state index < -0.39 is 0 Å². The Labute approximate surface area is 97.7 Å². The highest BCUT2D eigenvalue weighted by Gasteiger charge is 2.06. The van der Waals surface area contributed by atoms with E-state index in [0.29, 0.717) is 5.92 Å². The first-order valence-electron chi connectivity index (χ1n) is 5.88. The fraction of sp³-hybridized carbons (Fsp3) is 0.538. The topological polar surface area (TPSA) is 58.3 Å². The Kier molecular flexibility index (Phi) is 5.12. The highest BCUT2D eigenvalue weighted by molar-refractivity contribution is 5.66. The number of nitrogen functional groups attached to an aromatic ring is 1. The molecule has 3 nitrogen and oxygen atoms in total. The van der Waals surface area contributed by atoms with Gasteiger partial charge in [-0.05, 0) is 37.0 Å². The number of hydrogen-bond acceptors (Lipinski definition) is 3. The number of aliphatic hydroxyl groups is 1. The first-order chi connectivity index (χ1) is 7.67. The van der Waals surface area contributed by atoms with Gasteiger partial charge in [0.2, 0.25) is 0 Å². The number of nitrogens with one attached hydrogen (secondary N) is 1. The normalized spacial score (nSPS) is 12.4. The highest BCUT2D eigenvalue weighted by Crippen LogP contribution is 2.20. The van der Waals surface area contributed by atoms with Crippen molar-refractivity contribution in [1.29, 1.82) is 0 Å². The van der Waals surface area contributed by atoms with E-state index in [9.17, 15) is 0 Å². The summed E-state index contributed by atoms with van der Waals surface area (Å²) in [5.41, 5.74) is 8.86. The summed E-state index contributed by atoms with van der Waals surface area (Å²) in [6.07, 6.45) is 1.91. The van der Waals surface area contributed by atoms with E-state index in [1.54, 1.807) is 0 Å². The molecule has 0 fully saturated rings. The lowest BCUT2D eigenvalue weighted by Crippen LogP contribution is -2.15. The van der Waals surface area contributed by atoms with Crippen molar-refractivity contribution in [1.82, 2.24) is 0 Å². The Morgan fingerprint density at radius 2 is 2.19 bits per heavy atom. The first kappa shape index (κ1) is 12.8. The van der Waals surface area contributed by atoms with Gasteiger partial charge in [0.1, 0.15) is 0 Å². The number of rotatable bonds is 6. The van der Waals surface area contributed by atoms with E-state index in [0.717, 1.165) is 30.8 Å². The number of aliphatic hydroxyl groups excluding tert-OH is 1. The lowest BCUT2D eigenvalue weighted by Gasteiger charge is -2.16. The zero-order valence-corrected chi connectivity index (χ0v) is 10.2. The number of anilines is 2. The molecule has 0 saturated carbocycles. The minimum Gasteiger partial charge on any atom is -0.397 e. The van der Waals surface area contributed by atoms with Crippen molar-refractivity contribution in [3.05, 3.63) is 23.8 Å². The molecule has 1 aromatic carbocycles. The summed E-state index contributed by atoms with van der Waals surface area (Å²) in [5.74, 6) is 0.505. The second-order valence-corrected chi connectivity index (χ2v) is 4.26. The maximum Gasteiger partial charge on any atom is 0.0574 e. The lowest BCUT2D eigenvalue weighted by molar-refractivity contribution is 0.258. The van der Waals surface area contributed by atoms with E-state index in [1.807, 2.05) is 25.1 Å². The summed E-state index contributed by atoms with van der Waals surface area (Å²) in [5, 5.41) is 12.2. The van der Waals surface area contributed by atoms with Crippen LogP contribution in [0.25, 0.3) is 0 Å². The molecule has 4 N–H and O–H groups in total. The van der Waals surface area contributed by atoms with Crippen molar-refractivity contribution >= 4 is 11.4 Å². The van der Waals surface area contributed by atoms with Gasteiger partial charge >= 0.3 is 0 Å². The predicted octanol–water partition coefficient (Wildman–Crippen LogP) is 2.40. The Morgan fingerprint density at radius 3 is 2.75 bits per heavy atom. The summed E-state index contributed by atoms with van der Waals surface area (Å²) in [6, 6.07) is 6.03. The van der Waals surface area contributed by atoms with Crippen molar-refractivity contribution in [2.75, 3.05) is 24.2 Å². The van der Waals surface area contributed by atoms with Gasteiger partial charge in [-0.3, -0.25) is 0 Å². The van der Waals surface area contributed by atoms with Crippen molar-refractivity contribution in [3.63, 3.8) is 0 Å². The van der Waals surface area contributed by atoms with Crippen LogP contribution in [0.4, 0.5) is 11.4 Å². The molecular weight excluding hydrogens is 200 g/mol. The fourth-order valence-corrected chi connectivity index (χ4v) is 1.73. The smallest absolute Gasteiger partial charge is 0.0574 e. The second kappa shape index (κ2) is 6.38. The number of hydrogen-bond donors (Lipinski definition) is 3. The van der Waals surface area contributed by atoms with Gasteiger partial charge in [0.15, 0.2) is 0 Å². The van der Waals surface area contributed by atoms with Gasteiger partial charge in [-0.1, -0.05) is 19.4 Å². The Bertz CT molecular complexity index is 326. The quantitative estimate of drug-likeness (QED) is 0.648. The summed E-state index contributed by atoms with van der Waals surface area (Å²) in [7, 11) is 0. The molecule has 1 aromatic rings. The van der Waals surface area contributed by atoms with Crippen LogP contribution in [0.2, 0.25) is 0 Å². The Hall–Kier alpha value is -1.22. The monoisotopic (exact) mass is 222 g/mol. The molecule has 0 spiro atoms. The lowest BCUT2D eigenvalue weighted by atomic mass is 10.0. The van der Waals surface area contributed by atoms with E-state index in [-0.39, 0.29) is 6.61 Å². The summed E-state index contributed by atoms with van der Waals surface area (Å²) < 4.78 is 0. The van der Waals surface area contributed by atoms with E-state index in [4.69, 9.17) is 10.8 Å². The van der Waals surface area contributed by atoms with E-state index in [1.165, 1.54) is 5.56 Å². The van der Waals surface area contributed by atoms with Gasteiger partial charge < -0.3 is 16.2 Å². The molecule has 16 heavy (non-hydrogen) atoms. The Balaban J connectivity index is 2.53. The third-order valence-electron chi connectivity index (χ3n) is 2.90. The molecule has 1 atom stereocenters. The van der Waals surface area contributed by atoms with Gasteiger partial charge in [0, 0.05) is 13.2 Å². The maximum atomic E-state index is 8.90. The van der Waals surface area contributed by atoms with Crippen LogP contribution in [-0.2, 0) is 0 Å². The van der Waals surface area contributed by atoms with Crippen LogP contribution >= 0.6 is 0 Å². The second-order valence-electron chi connectivity index (χ2n) is 4.26. The standard InChI is InChI=1S/C13H22N2O/c1-3-11(6-7-16)9-15-13-5-4-10(2)8-12(13)14/h4-5,8,11,15-16H,3,6-7,9,14H2,1-2H3. The first-order valence-corrected chi connectivity index (χ1v) is 5.88. The zero-order chi connectivity index (χ0) is 12.0. The minimum absolute atomic E-state index is 0.254. The molecule has 0 amide bonds. The minimum atomic E-state index is 0.254. The van der Waals surface area contributed by atoms with Crippen LogP contribution in [0, 0.1) is 12.8 Å². The molecule has 90 valence electrons. The van der Waals surface area contributed by atoms with Gasteiger partial charge in [-0.25, -0.2) is 0 Å². The summed E-state index contributed by atoms with van der Waals surface area (Å²) in [4.78, 5) is 0. The number of aryl methyl sites for hydroxylation is 1. The van der Waals surface area contributed by atoms with Crippen LogP contribution < -0.4 is 11.1 Å². The predicted molar refractivity (Wildman–Crippen MR) is 69.6 cm³/mol.